The number of methoxy groups -OCH3 is 1. The number of rotatable bonds is 7. The van der Waals surface area contributed by atoms with Gasteiger partial charge in [-0.3, -0.25) is 19.4 Å². The first-order valence-electron chi connectivity index (χ1n) is 9.83. The smallest absolute Gasteiger partial charge is 0.327 e. The number of aryl methyl sites for hydroxylation is 1. The quantitative estimate of drug-likeness (QED) is 0.424. The molecule has 156 valence electrons. The van der Waals surface area contributed by atoms with Crippen LogP contribution in [0.3, 0.4) is 0 Å². The molecule has 31 heavy (non-hydrogen) atoms. The van der Waals surface area contributed by atoms with Gasteiger partial charge in [0.2, 0.25) is 0 Å². The molecule has 0 unspecified atom stereocenters. The third-order valence-corrected chi connectivity index (χ3v) is 4.80. The standard InChI is InChI=1S/C24H22N4O3/c1-17-4-3-5-20(27-17)16-31-21-8-6-19(7-9-21)24-22(18-10-12-25-13-11-18)14-26-28(24)15-23(29)30-2/h3-14H,15-16H2,1-2H3. The van der Waals surface area contributed by atoms with Crippen LogP contribution in [0.15, 0.2) is 73.2 Å². The highest BCUT2D eigenvalue weighted by Crippen LogP contribution is 2.33. The maximum absolute atomic E-state index is 11.9. The van der Waals surface area contributed by atoms with Crippen LogP contribution in [0.1, 0.15) is 11.4 Å². The number of hydrogen-bond acceptors (Lipinski definition) is 6. The van der Waals surface area contributed by atoms with E-state index in [0.29, 0.717) is 6.61 Å². The molecule has 3 heterocycles. The zero-order valence-corrected chi connectivity index (χ0v) is 17.4. The summed E-state index contributed by atoms with van der Waals surface area (Å²) in [5.74, 6) is 0.368. The van der Waals surface area contributed by atoms with Gasteiger partial charge in [-0.2, -0.15) is 5.10 Å². The van der Waals surface area contributed by atoms with Gasteiger partial charge in [-0.1, -0.05) is 6.07 Å². The third-order valence-electron chi connectivity index (χ3n) is 4.80. The van der Waals surface area contributed by atoms with E-state index < -0.39 is 0 Å². The molecule has 7 nitrogen and oxygen atoms in total. The van der Waals surface area contributed by atoms with Gasteiger partial charge in [0.1, 0.15) is 18.9 Å². The van der Waals surface area contributed by atoms with Gasteiger partial charge in [-0.05, 0) is 61.0 Å². The van der Waals surface area contributed by atoms with E-state index in [1.165, 1.54) is 7.11 Å². The monoisotopic (exact) mass is 414 g/mol. The Labute approximate surface area is 180 Å². The lowest BCUT2D eigenvalue weighted by atomic mass is 10.0. The largest absolute Gasteiger partial charge is 0.487 e. The lowest BCUT2D eigenvalue weighted by Crippen LogP contribution is -2.13. The Kier molecular flexibility index (Phi) is 6.03. The highest BCUT2D eigenvalue weighted by molar-refractivity contribution is 5.82. The van der Waals surface area contributed by atoms with Gasteiger partial charge in [0.25, 0.3) is 0 Å². The Morgan fingerprint density at radius 3 is 2.48 bits per heavy atom. The van der Waals surface area contributed by atoms with Crippen LogP contribution in [0, 0.1) is 6.92 Å². The van der Waals surface area contributed by atoms with Crippen LogP contribution in [-0.4, -0.2) is 32.8 Å². The van der Waals surface area contributed by atoms with Gasteiger partial charge in [-0.15, -0.1) is 0 Å². The SMILES string of the molecule is COC(=O)Cn1ncc(-c2ccncc2)c1-c1ccc(OCc2cccc(C)n2)cc1. The number of ether oxygens (including phenoxy) is 2. The molecule has 0 spiro atoms. The average molecular weight is 414 g/mol. The first-order valence-corrected chi connectivity index (χ1v) is 9.83. The van der Waals surface area contributed by atoms with Crippen molar-refractivity contribution in [1.29, 1.82) is 0 Å². The van der Waals surface area contributed by atoms with E-state index in [-0.39, 0.29) is 12.5 Å². The summed E-state index contributed by atoms with van der Waals surface area (Å²) in [6.45, 7) is 2.37. The Morgan fingerprint density at radius 2 is 1.77 bits per heavy atom. The maximum atomic E-state index is 11.9. The minimum Gasteiger partial charge on any atom is -0.487 e. The first-order chi connectivity index (χ1) is 15.1. The number of hydrogen-bond donors (Lipinski definition) is 0. The molecule has 0 N–H and O–H groups in total. The van der Waals surface area contributed by atoms with Crippen LogP contribution in [0.25, 0.3) is 22.4 Å². The van der Waals surface area contributed by atoms with E-state index in [9.17, 15) is 4.79 Å². The molecule has 0 fully saturated rings. The van der Waals surface area contributed by atoms with Gasteiger partial charge < -0.3 is 9.47 Å². The number of esters is 1. The lowest BCUT2D eigenvalue weighted by molar-refractivity contribution is -0.141. The summed E-state index contributed by atoms with van der Waals surface area (Å²) in [6.07, 6.45) is 5.21. The zero-order chi connectivity index (χ0) is 21.6. The van der Waals surface area contributed by atoms with E-state index in [0.717, 1.165) is 39.5 Å². The fourth-order valence-electron chi connectivity index (χ4n) is 3.29. The summed E-state index contributed by atoms with van der Waals surface area (Å²) < 4.78 is 12.4. The van der Waals surface area contributed by atoms with Gasteiger partial charge in [0, 0.05) is 29.2 Å². The summed E-state index contributed by atoms with van der Waals surface area (Å²) in [6, 6.07) is 17.4. The summed E-state index contributed by atoms with van der Waals surface area (Å²) in [7, 11) is 1.37. The molecule has 4 rings (SSSR count). The topological polar surface area (TPSA) is 79.1 Å². The van der Waals surface area contributed by atoms with Crippen molar-refractivity contribution in [2.24, 2.45) is 0 Å². The summed E-state index contributed by atoms with van der Waals surface area (Å²) in [5, 5.41) is 4.42. The van der Waals surface area contributed by atoms with Crippen LogP contribution in [-0.2, 0) is 22.7 Å². The molecule has 0 aliphatic carbocycles. The molecule has 0 radical (unpaired) electrons. The van der Waals surface area contributed by atoms with E-state index in [2.05, 4.69) is 15.1 Å². The molecule has 0 saturated heterocycles. The Bertz CT molecular complexity index is 1170. The average Bonchev–Trinajstić information content (AvgIpc) is 3.22. The van der Waals surface area contributed by atoms with Crippen LogP contribution in [0.5, 0.6) is 5.75 Å². The summed E-state index contributed by atoms with van der Waals surface area (Å²) >= 11 is 0. The van der Waals surface area contributed by atoms with E-state index in [4.69, 9.17) is 9.47 Å². The van der Waals surface area contributed by atoms with Crippen molar-refractivity contribution in [3.8, 4) is 28.1 Å². The van der Waals surface area contributed by atoms with Crippen molar-refractivity contribution < 1.29 is 14.3 Å². The minimum absolute atomic E-state index is 0.0220. The van der Waals surface area contributed by atoms with E-state index >= 15 is 0 Å². The minimum atomic E-state index is -0.365. The Morgan fingerprint density at radius 1 is 1.00 bits per heavy atom. The Balaban J connectivity index is 1.61. The van der Waals surface area contributed by atoms with Crippen molar-refractivity contribution in [3.63, 3.8) is 0 Å². The van der Waals surface area contributed by atoms with Crippen LogP contribution >= 0.6 is 0 Å². The molecule has 0 atom stereocenters. The van der Waals surface area contributed by atoms with Crippen LogP contribution in [0.4, 0.5) is 0 Å². The fourth-order valence-corrected chi connectivity index (χ4v) is 3.29. The molecular weight excluding hydrogens is 392 g/mol. The molecule has 0 saturated carbocycles. The number of carbonyl (C=O) groups excluding carboxylic acids is 1. The number of nitrogens with zero attached hydrogens (tertiary/aromatic N) is 4. The number of pyridine rings is 2. The van der Waals surface area contributed by atoms with Crippen molar-refractivity contribution >= 4 is 5.97 Å². The zero-order valence-electron chi connectivity index (χ0n) is 17.4. The summed E-state index contributed by atoms with van der Waals surface area (Å²) in [4.78, 5) is 20.4. The highest BCUT2D eigenvalue weighted by Gasteiger charge is 2.17. The second-order valence-corrected chi connectivity index (χ2v) is 6.96. The molecule has 0 aliphatic heterocycles. The lowest BCUT2D eigenvalue weighted by Gasteiger charge is -2.11. The van der Waals surface area contributed by atoms with Crippen molar-refractivity contribution in [2.45, 2.75) is 20.1 Å². The highest BCUT2D eigenvalue weighted by atomic mass is 16.5. The van der Waals surface area contributed by atoms with E-state index in [1.807, 2.05) is 61.5 Å². The fraction of sp³-hybridized carbons (Fsp3) is 0.167. The predicted octanol–water partition coefficient (Wildman–Crippen LogP) is 4.07. The maximum Gasteiger partial charge on any atom is 0.327 e. The molecule has 0 bridgehead atoms. The van der Waals surface area contributed by atoms with Crippen molar-refractivity contribution in [3.05, 3.63) is 84.6 Å². The van der Waals surface area contributed by atoms with E-state index in [1.54, 1.807) is 23.3 Å². The third kappa shape index (κ3) is 4.78. The number of carbonyl (C=O) groups is 1. The molecule has 0 aliphatic rings. The molecule has 0 amide bonds. The Hall–Kier alpha value is -4.00. The summed E-state index contributed by atoms with van der Waals surface area (Å²) in [5.41, 5.74) is 5.44. The molecule has 7 heteroatoms. The second kappa shape index (κ2) is 9.21. The predicted molar refractivity (Wildman–Crippen MR) is 116 cm³/mol. The molecular formula is C24H22N4O3. The van der Waals surface area contributed by atoms with Crippen molar-refractivity contribution in [2.75, 3.05) is 7.11 Å². The normalized spacial score (nSPS) is 10.6. The number of aromatic nitrogens is 4. The molecule has 3 aromatic heterocycles. The first kappa shape index (κ1) is 20.3. The van der Waals surface area contributed by atoms with Crippen molar-refractivity contribution in [1.82, 2.24) is 19.7 Å². The number of benzene rings is 1. The van der Waals surface area contributed by atoms with Gasteiger partial charge in [0.15, 0.2) is 0 Å². The van der Waals surface area contributed by atoms with Gasteiger partial charge in [-0.25, -0.2) is 0 Å². The second-order valence-electron chi connectivity index (χ2n) is 6.96. The van der Waals surface area contributed by atoms with Crippen LogP contribution < -0.4 is 4.74 Å². The molecule has 1 aromatic carbocycles. The van der Waals surface area contributed by atoms with Gasteiger partial charge >= 0.3 is 5.97 Å². The van der Waals surface area contributed by atoms with Crippen LogP contribution in [0.2, 0.25) is 0 Å². The molecule has 4 aromatic rings. The van der Waals surface area contributed by atoms with Gasteiger partial charge in [0.05, 0.1) is 24.7 Å².